The van der Waals surface area contributed by atoms with E-state index in [1.54, 1.807) is 6.07 Å². The lowest BCUT2D eigenvalue weighted by Gasteiger charge is -2.10. The molecule has 0 aliphatic heterocycles. The maximum absolute atomic E-state index is 10.0. The van der Waals surface area contributed by atoms with Crippen LogP contribution in [0.5, 0.6) is 5.75 Å². The van der Waals surface area contributed by atoms with Gasteiger partial charge in [-0.1, -0.05) is 42.5 Å². The molecule has 0 radical (unpaired) electrons. The molecule has 6 rings (SSSR count). The molecule has 0 unspecified atom stereocenters. The summed E-state index contributed by atoms with van der Waals surface area (Å²) in [4.78, 5) is 0. The standard InChI is InChI=1S/C22H12O2/c23-13-9-8-12-10-19-22-20(17(12)11-13)15-5-2-1-4-14(15)16-6-3-7-18(24-19)21(16)22/h1-11,23H. The normalized spacial score (nSPS) is 12.3. The van der Waals surface area contributed by atoms with E-state index < -0.39 is 0 Å². The fraction of sp³-hybridized carbons (Fsp3) is 0. The first-order valence-corrected chi connectivity index (χ1v) is 8.02. The Kier molecular flexibility index (Phi) is 2.02. The third-order valence-corrected chi connectivity index (χ3v) is 5.07. The van der Waals surface area contributed by atoms with E-state index in [2.05, 4.69) is 36.4 Å². The maximum atomic E-state index is 10.0. The SMILES string of the molecule is Oc1ccc2cc3oc4cccc5c6ccccc6c(c2c1)c3c45. The minimum atomic E-state index is 0.286. The molecule has 0 aliphatic carbocycles. The predicted molar refractivity (Wildman–Crippen MR) is 99.1 cm³/mol. The van der Waals surface area contributed by atoms with E-state index in [0.29, 0.717) is 0 Å². The Morgan fingerprint density at radius 2 is 1.38 bits per heavy atom. The molecular weight excluding hydrogens is 296 g/mol. The van der Waals surface area contributed by atoms with Crippen LogP contribution < -0.4 is 0 Å². The Balaban J connectivity index is 2.13. The molecule has 1 aromatic heterocycles. The van der Waals surface area contributed by atoms with Gasteiger partial charge >= 0.3 is 0 Å². The number of rotatable bonds is 0. The number of hydrogen-bond donors (Lipinski definition) is 1. The van der Waals surface area contributed by atoms with E-state index in [4.69, 9.17) is 4.42 Å². The molecule has 0 saturated heterocycles. The van der Waals surface area contributed by atoms with Crippen LogP contribution in [-0.4, -0.2) is 5.11 Å². The Labute approximate surface area is 136 Å². The van der Waals surface area contributed by atoms with Gasteiger partial charge in [-0.25, -0.2) is 0 Å². The molecule has 0 aliphatic rings. The van der Waals surface area contributed by atoms with Gasteiger partial charge in [-0.05, 0) is 51.2 Å². The summed E-state index contributed by atoms with van der Waals surface area (Å²) in [5, 5.41) is 19.3. The summed E-state index contributed by atoms with van der Waals surface area (Å²) in [6.45, 7) is 0. The van der Waals surface area contributed by atoms with Gasteiger partial charge in [0.25, 0.3) is 0 Å². The van der Waals surface area contributed by atoms with Gasteiger partial charge in [-0.2, -0.15) is 0 Å². The van der Waals surface area contributed by atoms with Crippen molar-refractivity contribution in [2.75, 3.05) is 0 Å². The van der Waals surface area contributed by atoms with E-state index in [-0.39, 0.29) is 5.75 Å². The third-order valence-electron chi connectivity index (χ3n) is 5.07. The summed E-state index contributed by atoms with van der Waals surface area (Å²) in [6, 6.07) is 22.3. The average molecular weight is 308 g/mol. The van der Waals surface area contributed by atoms with Crippen LogP contribution >= 0.6 is 0 Å². The lowest BCUT2D eigenvalue weighted by Crippen LogP contribution is -1.84. The fourth-order valence-electron chi connectivity index (χ4n) is 4.12. The first kappa shape index (κ1) is 12.2. The molecule has 1 N–H and O–H groups in total. The Bertz CT molecular complexity index is 1410. The molecule has 0 fully saturated rings. The van der Waals surface area contributed by atoms with Crippen molar-refractivity contribution in [1.29, 1.82) is 0 Å². The van der Waals surface area contributed by atoms with Crippen LogP contribution in [-0.2, 0) is 0 Å². The van der Waals surface area contributed by atoms with Gasteiger partial charge in [-0.15, -0.1) is 0 Å². The zero-order valence-electron chi connectivity index (χ0n) is 12.7. The summed E-state index contributed by atoms with van der Waals surface area (Å²) in [7, 11) is 0. The minimum absolute atomic E-state index is 0.286. The molecule has 0 atom stereocenters. The predicted octanol–water partition coefficient (Wildman–Crippen LogP) is 6.19. The molecule has 0 amide bonds. The lowest BCUT2D eigenvalue weighted by molar-refractivity contribution is 0.476. The molecule has 24 heavy (non-hydrogen) atoms. The van der Waals surface area contributed by atoms with Crippen LogP contribution in [0.25, 0.3) is 54.3 Å². The van der Waals surface area contributed by atoms with Crippen molar-refractivity contribution < 1.29 is 9.52 Å². The van der Waals surface area contributed by atoms with E-state index in [9.17, 15) is 5.11 Å². The van der Waals surface area contributed by atoms with Crippen LogP contribution in [0.1, 0.15) is 0 Å². The molecule has 5 aromatic carbocycles. The van der Waals surface area contributed by atoms with Crippen molar-refractivity contribution in [3.8, 4) is 5.75 Å². The first-order chi connectivity index (χ1) is 11.8. The van der Waals surface area contributed by atoms with Gasteiger partial charge in [0.1, 0.15) is 16.9 Å². The molecule has 1 heterocycles. The Morgan fingerprint density at radius 1 is 0.583 bits per heavy atom. The summed E-state index contributed by atoms with van der Waals surface area (Å²) in [5.41, 5.74) is 1.82. The van der Waals surface area contributed by atoms with E-state index in [0.717, 1.165) is 32.7 Å². The highest BCUT2D eigenvalue weighted by Gasteiger charge is 2.19. The number of fused-ring (bicyclic) bond motifs is 5. The van der Waals surface area contributed by atoms with Gasteiger partial charge < -0.3 is 9.52 Å². The fourth-order valence-corrected chi connectivity index (χ4v) is 4.12. The highest BCUT2D eigenvalue weighted by atomic mass is 16.3. The number of benzene rings is 5. The van der Waals surface area contributed by atoms with E-state index >= 15 is 0 Å². The number of aromatic hydroxyl groups is 1. The van der Waals surface area contributed by atoms with Gasteiger partial charge in [0.2, 0.25) is 0 Å². The maximum Gasteiger partial charge on any atom is 0.136 e. The molecular formula is C22H12O2. The monoisotopic (exact) mass is 308 g/mol. The molecule has 0 saturated carbocycles. The van der Waals surface area contributed by atoms with Crippen LogP contribution in [0.3, 0.4) is 0 Å². The van der Waals surface area contributed by atoms with Gasteiger partial charge in [0.15, 0.2) is 0 Å². The summed E-state index contributed by atoms with van der Waals surface area (Å²) in [5.74, 6) is 0.286. The van der Waals surface area contributed by atoms with E-state index in [1.807, 2.05) is 24.3 Å². The zero-order chi connectivity index (χ0) is 15.8. The van der Waals surface area contributed by atoms with Gasteiger partial charge in [-0.3, -0.25) is 0 Å². The van der Waals surface area contributed by atoms with Gasteiger partial charge in [0.05, 0.1) is 0 Å². The topological polar surface area (TPSA) is 33.4 Å². The smallest absolute Gasteiger partial charge is 0.136 e. The molecule has 6 aromatic rings. The number of hydrogen-bond acceptors (Lipinski definition) is 2. The Morgan fingerprint density at radius 3 is 2.29 bits per heavy atom. The second kappa shape index (κ2) is 3.98. The van der Waals surface area contributed by atoms with Crippen LogP contribution in [0.15, 0.2) is 71.1 Å². The third kappa shape index (κ3) is 1.32. The van der Waals surface area contributed by atoms with E-state index in [1.165, 1.54) is 21.5 Å². The van der Waals surface area contributed by atoms with Crippen molar-refractivity contribution in [2.45, 2.75) is 0 Å². The molecule has 2 nitrogen and oxygen atoms in total. The first-order valence-electron chi connectivity index (χ1n) is 8.02. The molecule has 112 valence electrons. The highest BCUT2D eigenvalue weighted by molar-refractivity contribution is 6.38. The summed E-state index contributed by atoms with van der Waals surface area (Å²) < 4.78 is 6.16. The number of phenolic OH excluding ortho intramolecular Hbond substituents is 1. The minimum Gasteiger partial charge on any atom is -0.508 e. The van der Waals surface area contributed by atoms with Crippen molar-refractivity contribution in [1.82, 2.24) is 0 Å². The van der Waals surface area contributed by atoms with Gasteiger partial charge in [0, 0.05) is 16.2 Å². The molecule has 0 bridgehead atoms. The highest BCUT2D eigenvalue weighted by Crippen LogP contribution is 2.45. The second-order valence-corrected chi connectivity index (χ2v) is 6.36. The van der Waals surface area contributed by atoms with Crippen LogP contribution in [0.2, 0.25) is 0 Å². The Hall–Kier alpha value is -3.26. The van der Waals surface area contributed by atoms with Crippen LogP contribution in [0, 0.1) is 0 Å². The van der Waals surface area contributed by atoms with Crippen LogP contribution in [0.4, 0.5) is 0 Å². The zero-order valence-corrected chi connectivity index (χ0v) is 12.7. The van der Waals surface area contributed by atoms with Crippen molar-refractivity contribution >= 4 is 54.3 Å². The number of furan rings is 1. The van der Waals surface area contributed by atoms with Crippen molar-refractivity contribution in [3.63, 3.8) is 0 Å². The molecule has 0 spiro atoms. The summed E-state index contributed by atoms with van der Waals surface area (Å²) in [6.07, 6.45) is 0. The lowest BCUT2D eigenvalue weighted by atomic mass is 9.91. The van der Waals surface area contributed by atoms with Crippen molar-refractivity contribution in [2.24, 2.45) is 0 Å². The molecule has 2 heteroatoms. The largest absolute Gasteiger partial charge is 0.508 e. The number of phenols is 1. The summed E-state index contributed by atoms with van der Waals surface area (Å²) >= 11 is 0. The average Bonchev–Trinajstić information content (AvgIpc) is 2.98. The second-order valence-electron chi connectivity index (χ2n) is 6.36. The quantitative estimate of drug-likeness (QED) is 0.339. The van der Waals surface area contributed by atoms with Crippen molar-refractivity contribution in [3.05, 3.63) is 66.7 Å².